The average Bonchev–Trinajstić information content (AvgIpc) is 3.05. The van der Waals surface area contributed by atoms with Crippen LogP contribution in [0.2, 0.25) is 0 Å². The Hall–Kier alpha value is -2.35. The van der Waals surface area contributed by atoms with Crippen LogP contribution in [0.4, 0.5) is 13.2 Å². The minimum atomic E-state index is -4.44. The van der Waals surface area contributed by atoms with E-state index >= 15 is 0 Å². The number of benzene rings is 1. The first-order chi connectivity index (χ1) is 9.99. The van der Waals surface area contributed by atoms with Crippen molar-refractivity contribution >= 4 is 10.9 Å². The van der Waals surface area contributed by atoms with Gasteiger partial charge in [0.15, 0.2) is 0 Å². The fraction of sp³-hybridized carbons (Fsp3) is 0.231. The number of nitrogens with zero attached hydrogens (tertiary/aromatic N) is 3. The summed E-state index contributed by atoms with van der Waals surface area (Å²) < 4.78 is 40.3. The molecule has 0 unspecified atom stereocenters. The van der Waals surface area contributed by atoms with Crippen molar-refractivity contribution in [3.05, 3.63) is 36.3 Å². The summed E-state index contributed by atoms with van der Waals surface area (Å²) in [6, 6.07) is 2.11. The molecule has 0 saturated heterocycles. The molecule has 0 spiro atoms. The molecule has 0 fully saturated rings. The number of nitrogens with one attached hydrogen (secondary N) is 1. The van der Waals surface area contributed by atoms with Gasteiger partial charge < -0.3 is 5.11 Å². The standard InChI is InChI=1S/C13H11F3N4O/c14-13(15,16)9-3-10(11-6-17-19-12(11)4-9)8-5-18-20(7-8)1-2-21/h3-7,21H,1-2H2,(H,17,19). The van der Waals surface area contributed by atoms with Crippen LogP contribution in [-0.4, -0.2) is 31.7 Å². The summed E-state index contributed by atoms with van der Waals surface area (Å²) in [4.78, 5) is 0. The molecule has 1 aromatic carbocycles. The van der Waals surface area contributed by atoms with Gasteiger partial charge in [-0.25, -0.2) is 0 Å². The van der Waals surface area contributed by atoms with Crippen LogP contribution in [0.15, 0.2) is 30.7 Å². The first-order valence-electron chi connectivity index (χ1n) is 6.17. The van der Waals surface area contributed by atoms with Crippen LogP contribution in [0.1, 0.15) is 5.56 Å². The van der Waals surface area contributed by atoms with Crippen LogP contribution in [-0.2, 0) is 12.7 Å². The molecular weight excluding hydrogens is 285 g/mol. The number of hydrogen-bond donors (Lipinski definition) is 2. The number of halogens is 3. The summed E-state index contributed by atoms with van der Waals surface area (Å²) in [6.07, 6.45) is 0.110. The SMILES string of the molecule is OCCn1cc(-c2cc(C(F)(F)F)cc3[nH]ncc23)cn1. The number of hydrogen-bond acceptors (Lipinski definition) is 3. The van der Waals surface area contributed by atoms with Crippen molar-refractivity contribution < 1.29 is 18.3 Å². The van der Waals surface area contributed by atoms with Crippen molar-refractivity contribution in [2.45, 2.75) is 12.7 Å². The van der Waals surface area contributed by atoms with E-state index in [1.807, 2.05) is 0 Å². The molecule has 0 aliphatic carbocycles. The van der Waals surface area contributed by atoms with Crippen molar-refractivity contribution in [1.82, 2.24) is 20.0 Å². The van der Waals surface area contributed by atoms with Gasteiger partial charge in [-0.1, -0.05) is 0 Å². The highest BCUT2D eigenvalue weighted by Crippen LogP contribution is 2.36. The van der Waals surface area contributed by atoms with Gasteiger partial charge in [-0.15, -0.1) is 0 Å². The van der Waals surface area contributed by atoms with Crippen molar-refractivity contribution in [2.24, 2.45) is 0 Å². The molecule has 3 aromatic rings. The van der Waals surface area contributed by atoms with Crippen molar-refractivity contribution in [2.75, 3.05) is 6.61 Å². The van der Waals surface area contributed by atoms with E-state index in [0.717, 1.165) is 12.1 Å². The Morgan fingerprint density at radius 2 is 2.05 bits per heavy atom. The van der Waals surface area contributed by atoms with Crippen LogP contribution >= 0.6 is 0 Å². The van der Waals surface area contributed by atoms with Gasteiger partial charge in [0.1, 0.15) is 0 Å². The molecule has 110 valence electrons. The third-order valence-corrected chi connectivity index (χ3v) is 3.16. The fourth-order valence-electron chi connectivity index (χ4n) is 2.18. The lowest BCUT2D eigenvalue weighted by atomic mass is 10.0. The number of aromatic amines is 1. The van der Waals surface area contributed by atoms with Crippen LogP contribution in [0.25, 0.3) is 22.0 Å². The molecule has 2 aromatic heterocycles. The van der Waals surface area contributed by atoms with Crippen LogP contribution in [0.3, 0.4) is 0 Å². The van der Waals surface area contributed by atoms with E-state index in [0.29, 0.717) is 22.0 Å². The maximum absolute atomic E-state index is 13.0. The van der Waals surface area contributed by atoms with Gasteiger partial charge in [-0.05, 0) is 17.7 Å². The molecular formula is C13H11F3N4O. The van der Waals surface area contributed by atoms with Gasteiger partial charge in [-0.3, -0.25) is 9.78 Å². The zero-order valence-electron chi connectivity index (χ0n) is 10.7. The second-order valence-corrected chi connectivity index (χ2v) is 4.57. The Morgan fingerprint density at radius 1 is 1.24 bits per heavy atom. The summed E-state index contributed by atoms with van der Waals surface area (Å²) in [7, 11) is 0. The minimum Gasteiger partial charge on any atom is -0.394 e. The molecule has 0 saturated carbocycles. The summed E-state index contributed by atoms with van der Waals surface area (Å²) in [6.45, 7) is 0.193. The lowest BCUT2D eigenvalue weighted by molar-refractivity contribution is -0.137. The number of H-pyrrole nitrogens is 1. The highest BCUT2D eigenvalue weighted by molar-refractivity contribution is 5.94. The van der Waals surface area contributed by atoms with Gasteiger partial charge >= 0.3 is 6.18 Å². The first-order valence-corrected chi connectivity index (χ1v) is 6.17. The van der Waals surface area contributed by atoms with Gasteiger partial charge in [-0.2, -0.15) is 23.4 Å². The average molecular weight is 296 g/mol. The number of alkyl halides is 3. The van der Waals surface area contributed by atoms with E-state index in [1.54, 1.807) is 6.20 Å². The molecule has 8 heteroatoms. The smallest absolute Gasteiger partial charge is 0.394 e. The molecule has 0 aliphatic heterocycles. The van der Waals surface area contributed by atoms with E-state index in [2.05, 4.69) is 15.3 Å². The molecule has 21 heavy (non-hydrogen) atoms. The number of rotatable bonds is 3. The second-order valence-electron chi connectivity index (χ2n) is 4.57. The largest absolute Gasteiger partial charge is 0.416 e. The number of aromatic nitrogens is 4. The highest BCUT2D eigenvalue weighted by Gasteiger charge is 2.31. The molecule has 0 atom stereocenters. The van der Waals surface area contributed by atoms with Crippen molar-refractivity contribution in [3.8, 4) is 11.1 Å². The lowest BCUT2D eigenvalue weighted by Crippen LogP contribution is -2.05. The topological polar surface area (TPSA) is 66.7 Å². The summed E-state index contributed by atoms with van der Waals surface area (Å²) >= 11 is 0. The highest BCUT2D eigenvalue weighted by atomic mass is 19.4. The Morgan fingerprint density at radius 3 is 2.76 bits per heavy atom. The quantitative estimate of drug-likeness (QED) is 0.780. The summed E-state index contributed by atoms with van der Waals surface area (Å²) in [5.74, 6) is 0. The van der Waals surface area contributed by atoms with E-state index < -0.39 is 11.7 Å². The van der Waals surface area contributed by atoms with Crippen molar-refractivity contribution in [3.63, 3.8) is 0 Å². The Labute approximate surface area is 117 Å². The third kappa shape index (κ3) is 2.49. The summed E-state index contributed by atoms with van der Waals surface area (Å²) in [5, 5.41) is 19.8. The normalized spacial score (nSPS) is 12.2. The number of aliphatic hydroxyl groups excluding tert-OH is 1. The lowest BCUT2D eigenvalue weighted by Gasteiger charge is -2.09. The molecule has 0 radical (unpaired) electrons. The number of aliphatic hydroxyl groups is 1. The molecule has 0 aliphatic rings. The molecule has 2 N–H and O–H groups in total. The van der Waals surface area contributed by atoms with Crippen LogP contribution in [0, 0.1) is 0 Å². The maximum atomic E-state index is 13.0. The zero-order valence-corrected chi connectivity index (χ0v) is 10.7. The molecule has 3 rings (SSSR count). The Balaban J connectivity index is 2.17. The predicted octanol–water partition coefficient (Wildman–Crippen LogP) is 2.44. The molecule has 0 amide bonds. The monoisotopic (exact) mass is 296 g/mol. The molecule has 2 heterocycles. The fourth-order valence-corrected chi connectivity index (χ4v) is 2.18. The molecule has 0 bridgehead atoms. The maximum Gasteiger partial charge on any atom is 0.416 e. The molecule has 5 nitrogen and oxygen atoms in total. The Kier molecular flexibility index (Phi) is 3.17. The van der Waals surface area contributed by atoms with E-state index in [9.17, 15) is 13.2 Å². The predicted molar refractivity (Wildman–Crippen MR) is 69.4 cm³/mol. The van der Waals surface area contributed by atoms with Gasteiger partial charge in [0.25, 0.3) is 0 Å². The van der Waals surface area contributed by atoms with Gasteiger partial charge in [0.2, 0.25) is 0 Å². The van der Waals surface area contributed by atoms with Crippen molar-refractivity contribution in [1.29, 1.82) is 0 Å². The van der Waals surface area contributed by atoms with Crippen LogP contribution < -0.4 is 0 Å². The van der Waals surface area contributed by atoms with Crippen LogP contribution in [0.5, 0.6) is 0 Å². The number of fused-ring (bicyclic) bond motifs is 1. The van der Waals surface area contributed by atoms with E-state index in [4.69, 9.17) is 5.11 Å². The van der Waals surface area contributed by atoms with Gasteiger partial charge in [0, 0.05) is 17.1 Å². The third-order valence-electron chi connectivity index (χ3n) is 3.16. The van der Waals surface area contributed by atoms with E-state index in [1.165, 1.54) is 17.1 Å². The second kappa shape index (κ2) is 4.88. The Bertz CT molecular complexity index is 775. The minimum absolute atomic E-state index is 0.0924. The summed E-state index contributed by atoms with van der Waals surface area (Å²) in [5.41, 5.74) is 0.512. The van der Waals surface area contributed by atoms with E-state index in [-0.39, 0.29) is 13.2 Å². The first kappa shape index (κ1) is 13.6. The van der Waals surface area contributed by atoms with Gasteiger partial charge in [0.05, 0.1) is 36.6 Å². The zero-order chi connectivity index (χ0) is 15.0.